The van der Waals surface area contributed by atoms with Crippen LogP contribution in [0, 0.1) is 6.92 Å². The molecule has 1 aromatic carbocycles. The Morgan fingerprint density at radius 1 is 1.20 bits per heavy atom. The summed E-state index contributed by atoms with van der Waals surface area (Å²) in [5.41, 5.74) is 2.21. The van der Waals surface area contributed by atoms with E-state index < -0.39 is 0 Å². The molecule has 15 heavy (non-hydrogen) atoms. The normalized spacial score (nSPS) is 29.3. The van der Waals surface area contributed by atoms with Gasteiger partial charge in [0.25, 0.3) is 0 Å². The summed E-state index contributed by atoms with van der Waals surface area (Å²) in [5.74, 6) is 0. The van der Waals surface area contributed by atoms with Crippen molar-refractivity contribution in [2.75, 3.05) is 6.61 Å². The maximum Gasteiger partial charge on any atom is 0.143 e. The minimum absolute atomic E-state index is 0.0526. The molecule has 2 rings (SSSR count). The average molecular weight is 205 g/mol. The van der Waals surface area contributed by atoms with Crippen molar-refractivity contribution in [2.24, 2.45) is 0 Å². The van der Waals surface area contributed by atoms with Gasteiger partial charge in [-0.2, -0.15) is 0 Å². The number of aryl methyl sites for hydroxylation is 1. The number of nitrogens with one attached hydrogen (secondary N) is 1. The molecule has 1 N–H and O–H groups in total. The summed E-state index contributed by atoms with van der Waals surface area (Å²) < 4.78 is 5.91. The first kappa shape index (κ1) is 10.7. The van der Waals surface area contributed by atoms with Gasteiger partial charge in [0.05, 0.1) is 6.61 Å². The predicted octanol–water partition coefficient (Wildman–Crippen LogP) is 2.57. The molecule has 2 heteroatoms. The number of hydrogen-bond donors (Lipinski definition) is 1. The van der Waals surface area contributed by atoms with Crippen LogP contribution in [0.15, 0.2) is 24.3 Å². The molecule has 0 spiro atoms. The van der Waals surface area contributed by atoms with Gasteiger partial charge in [0.2, 0.25) is 0 Å². The van der Waals surface area contributed by atoms with Crippen molar-refractivity contribution in [3.8, 4) is 0 Å². The van der Waals surface area contributed by atoms with E-state index in [1.807, 2.05) is 0 Å². The van der Waals surface area contributed by atoms with Gasteiger partial charge in [0.15, 0.2) is 0 Å². The van der Waals surface area contributed by atoms with Crippen molar-refractivity contribution in [3.63, 3.8) is 0 Å². The minimum atomic E-state index is -0.338. The van der Waals surface area contributed by atoms with Crippen LogP contribution in [0.5, 0.6) is 0 Å². The molecule has 0 saturated carbocycles. The van der Waals surface area contributed by atoms with Crippen molar-refractivity contribution in [1.82, 2.24) is 5.32 Å². The fourth-order valence-corrected chi connectivity index (χ4v) is 2.30. The molecule has 0 aromatic heterocycles. The van der Waals surface area contributed by atoms with E-state index >= 15 is 0 Å². The molecule has 0 bridgehead atoms. The molecule has 0 radical (unpaired) electrons. The van der Waals surface area contributed by atoms with Crippen molar-refractivity contribution < 1.29 is 4.74 Å². The second-order valence-corrected chi connectivity index (χ2v) is 5.15. The van der Waals surface area contributed by atoms with E-state index in [2.05, 4.69) is 57.3 Å². The molecule has 82 valence electrons. The van der Waals surface area contributed by atoms with Gasteiger partial charge in [-0.1, -0.05) is 24.3 Å². The third-order valence-electron chi connectivity index (χ3n) is 2.96. The molecule has 1 heterocycles. The monoisotopic (exact) mass is 205 g/mol. The molecule has 1 aromatic rings. The molecule has 1 aliphatic heterocycles. The second-order valence-electron chi connectivity index (χ2n) is 5.15. The first-order valence-electron chi connectivity index (χ1n) is 5.42. The third kappa shape index (κ3) is 1.92. The zero-order valence-corrected chi connectivity index (χ0v) is 9.92. The fourth-order valence-electron chi connectivity index (χ4n) is 2.30. The Bertz CT molecular complexity index is 373. The Morgan fingerprint density at radius 3 is 2.40 bits per heavy atom. The smallest absolute Gasteiger partial charge is 0.143 e. The van der Waals surface area contributed by atoms with Crippen LogP contribution in [-0.4, -0.2) is 12.1 Å². The van der Waals surface area contributed by atoms with E-state index in [1.54, 1.807) is 0 Å². The van der Waals surface area contributed by atoms with Crippen LogP contribution in [0.3, 0.4) is 0 Å². The predicted molar refractivity (Wildman–Crippen MR) is 61.7 cm³/mol. The number of rotatable bonds is 1. The Kier molecular flexibility index (Phi) is 2.36. The number of hydrogen-bond acceptors (Lipinski definition) is 2. The van der Waals surface area contributed by atoms with Crippen LogP contribution in [0.2, 0.25) is 0 Å². The molecule has 1 unspecified atom stereocenters. The highest BCUT2D eigenvalue weighted by atomic mass is 16.5. The van der Waals surface area contributed by atoms with Crippen molar-refractivity contribution in [2.45, 2.75) is 39.0 Å². The first-order chi connectivity index (χ1) is 6.93. The molecule has 0 amide bonds. The molecule has 1 atom stereocenters. The van der Waals surface area contributed by atoms with Crippen molar-refractivity contribution in [3.05, 3.63) is 35.4 Å². The van der Waals surface area contributed by atoms with Crippen LogP contribution in [0.1, 0.15) is 31.9 Å². The quantitative estimate of drug-likeness (QED) is 0.760. The van der Waals surface area contributed by atoms with Crippen LogP contribution in [0.4, 0.5) is 0 Å². The van der Waals surface area contributed by atoms with E-state index in [0.717, 1.165) is 6.61 Å². The maximum atomic E-state index is 5.91. The Hall–Kier alpha value is -0.860. The van der Waals surface area contributed by atoms with Gasteiger partial charge in [0, 0.05) is 11.1 Å². The summed E-state index contributed by atoms with van der Waals surface area (Å²) in [5, 5.41) is 3.54. The number of ether oxygens (including phenoxy) is 1. The Labute approximate surface area is 91.6 Å². The Morgan fingerprint density at radius 2 is 1.87 bits per heavy atom. The van der Waals surface area contributed by atoms with Gasteiger partial charge in [0.1, 0.15) is 5.72 Å². The second kappa shape index (κ2) is 3.32. The van der Waals surface area contributed by atoms with Crippen LogP contribution in [0.25, 0.3) is 0 Å². The van der Waals surface area contributed by atoms with E-state index in [0.29, 0.717) is 0 Å². The highest BCUT2D eigenvalue weighted by Gasteiger charge is 2.41. The van der Waals surface area contributed by atoms with E-state index in [4.69, 9.17) is 4.74 Å². The molecule has 1 fully saturated rings. The topological polar surface area (TPSA) is 21.3 Å². The molecular formula is C13H19NO. The lowest BCUT2D eigenvalue weighted by Crippen LogP contribution is -2.44. The highest BCUT2D eigenvalue weighted by molar-refractivity contribution is 5.31. The summed E-state index contributed by atoms with van der Waals surface area (Å²) in [6.07, 6.45) is 0. The zero-order chi connectivity index (χ0) is 11.1. The zero-order valence-electron chi connectivity index (χ0n) is 9.92. The van der Waals surface area contributed by atoms with Gasteiger partial charge in [-0.25, -0.2) is 0 Å². The van der Waals surface area contributed by atoms with Crippen LogP contribution < -0.4 is 5.32 Å². The third-order valence-corrected chi connectivity index (χ3v) is 2.96. The lowest BCUT2D eigenvalue weighted by Gasteiger charge is -2.28. The van der Waals surface area contributed by atoms with Gasteiger partial charge >= 0.3 is 0 Å². The van der Waals surface area contributed by atoms with E-state index in [-0.39, 0.29) is 11.3 Å². The summed E-state index contributed by atoms with van der Waals surface area (Å²) in [6, 6.07) is 8.37. The van der Waals surface area contributed by atoms with Crippen LogP contribution >= 0.6 is 0 Å². The fraction of sp³-hybridized carbons (Fsp3) is 0.538. The average Bonchev–Trinajstić information content (AvgIpc) is 2.42. The molecule has 1 saturated heterocycles. The van der Waals surface area contributed by atoms with Gasteiger partial charge < -0.3 is 4.74 Å². The van der Waals surface area contributed by atoms with E-state index in [1.165, 1.54) is 11.1 Å². The van der Waals surface area contributed by atoms with Gasteiger partial charge in [-0.15, -0.1) is 0 Å². The summed E-state index contributed by atoms with van der Waals surface area (Å²) >= 11 is 0. The van der Waals surface area contributed by atoms with E-state index in [9.17, 15) is 0 Å². The summed E-state index contributed by atoms with van der Waals surface area (Å²) in [7, 11) is 0. The van der Waals surface area contributed by atoms with Gasteiger partial charge in [-0.05, 0) is 33.3 Å². The molecule has 2 nitrogen and oxygen atoms in total. The lowest BCUT2D eigenvalue weighted by molar-refractivity contribution is 0.00169. The van der Waals surface area contributed by atoms with Crippen molar-refractivity contribution >= 4 is 0 Å². The summed E-state index contributed by atoms with van der Waals surface area (Å²) in [6.45, 7) is 9.30. The SMILES string of the molecule is Cc1ccccc1C1(C)NC(C)(C)CO1. The standard InChI is InChI=1S/C13H19NO/c1-10-7-5-6-8-11(10)13(4)14-12(2,3)9-15-13/h5-8,14H,9H2,1-4H3. The van der Waals surface area contributed by atoms with Gasteiger partial charge in [-0.3, -0.25) is 5.32 Å². The molecule has 1 aliphatic rings. The molecular weight excluding hydrogens is 186 g/mol. The Balaban J connectivity index is 2.36. The van der Waals surface area contributed by atoms with Crippen LogP contribution in [-0.2, 0) is 10.5 Å². The largest absolute Gasteiger partial charge is 0.355 e. The minimum Gasteiger partial charge on any atom is -0.355 e. The molecule has 0 aliphatic carbocycles. The number of benzene rings is 1. The summed E-state index contributed by atoms with van der Waals surface area (Å²) in [4.78, 5) is 0. The maximum absolute atomic E-state index is 5.91. The highest BCUT2D eigenvalue weighted by Crippen LogP contribution is 2.33. The first-order valence-corrected chi connectivity index (χ1v) is 5.42. The van der Waals surface area contributed by atoms with Crippen molar-refractivity contribution in [1.29, 1.82) is 0 Å². The lowest BCUT2D eigenvalue weighted by atomic mass is 9.98.